The van der Waals surface area contributed by atoms with Crippen LogP contribution < -0.4 is 0 Å². The van der Waals surface area contributed by atoms with Crippen LogP contribution in [-0.2, 0) is 9.94 Å². The Kier molecular flexibility index (Phi) is 11.7. The van der Waals surface area contributed by atoms with Crippen LogP contribution >= 0.6 is 8.38 Å². The highest BCUT2D eigenvalue weighted by Crippen LogP contribution is 2.47. The normalized spacial score (nSPS) is 20.8. The number of benzene rings is 1. The van der Waals surface area contributed by atoms with Gasteiger partial charge in [0.05, 0.1) is 6.10 Å². The number of hydrogen-bond acceptors (Lipinski definition) is 2. The fourth-order valence-corrected chi connectivity index (χ4v) is 6.38. The third-order valence-corrected chi connectivity index (χ3v) is 8.86. The van der Waals surface area contributed by atoms with Crippen LogP contribution in [0.5, 0.6) is 0 Å². The first-order valence-corrected chi connectivity index (χ1v) is 14.8. The highest BCUT2D eigenvalue weighted by Gasteiger charge is 2.40. The third kappa shape index (κ3) is 8.11. The van der Waals surface area contributed by atoms with E-state index < -0.39 is 8.38 Å². The van der Waals surface area contributed by atoms with E-state index in [2.05, 4.69) is 66.7 Å². The van der Waals surface area contributed by atoms with Crippen LogP contribution in [0.15, 0.2) is 18.2 Å². The number of unbranched alkanes of at least 4 members (excludes halogenated alkanes) is 5. The molecule has 0 spiro atoms. The van der Waals surface area contributed by atoms with E-state index in [4.69, 9.17) is 4.52 Å². The molecule has 3 atom stereocenters. The molecule has 2 nitrogen and oxygen atoms in total. The van der Waals surface area contributed by atoms with Crippen molar-refractivity contribution in [1.29, 1.82) is 0 Å². The Labute approximate surface area is 200 Å². The lowest BCUT2D eigenvalue weighted by molar-refractivity contribution is 0.0530. The van der Waals surface area contributed by atoms with E-state index in [9.17, 15) is 4.89 Å². The van der Waals surface area contributed by atoms with Crippen molar-refractivity contribution in [1.82, 2.24) is 0 Å². The SMILES string of the molecule is CCCCCCCCP(O)OC1CCCCC1C(C)(C)c1cc(C(C)C)cc(C(C)C)c1. The van der Waals surface area contributed by atoms with Crippen molar-refractivity contribution in [2.75, 3.05) is 6.16 Å². The zero-order valence-corrected chi connectivity index (χ0v) is 23.0. The lowest BCUT2D eigenvalue weighted by atomic mass is 9.65. The Morgan fingerprint density at radius 2 is 1.47 bits per heavy atom. The molecule has 0 heterocycles. The number of hydrogen-bond donors (Lipinski definition) is 1. The van der Waals surface area contributed by atoms with Crippen LogP contribution in [0.2, 0.25) is 0 Å². The van der Waals surface area contributed by atoms with Gasteiger partial charge in [0.25, 0.3) is 0 Å². The van der Waals surface area contributed by atoms with Crippen molar-refractivity contribution in [3.05, 3.63) is 34.9 Å². The lowest BCUT2D eigenvalue weighted by Crippen LogP contribution is -2.40. The molecule has 0 bridgehead atoms. The Hall–Kier alpha value is -0.430. The van der Waals surface area contributed by atoms with E-state index in [1.165, 1.54) is 68.1 Å². The fourth-order valence-electron chi connectivity index (χ4n) is 5.21. The summed E-state index contributed by atoms with van der Waals surface area (Å²) in [5.41, 5.74) is 4.38. The molecule has 1 aromatic rings. The van der Waals surface area contributed by atoms with E-state index >= 15 is 0 Å². The van der Waals surface area contributed by atoms with E-state index in [1.807, 2.05) is 0 Å². The van der Waals surface area contributed by atoms with E-state index in [0.717, 1.165) is 19.0 Å². The van der Waals surface area contributed by atoms with E-state index in [0.29, 0.717) is 17.8 Å². The van der Waals surface area contributed by atoms with Crippen LogP contribution in [0.25, 0.3) is 0 Å². The molecule has 0 amide bonds. The summed E-state index contributed by atoms with van der Waals surface area (Å²) in [6, 6.07) is 7.29. The molecule has 2 rings (SSSR count). The topological polar surface area (TPSA) is 29.5 Å². The minimum Gasteiger partial charge on any atom is -0.350 e. The van der Waals surface area contributed by atoms with Crippen LogP contribution in [0, 0.1) is 5.92 Å². The molecule has 0 aromatic heterocycles. The summed E-state index contributed by atoms with van der Waals surface area (Å²) in [5.74, 6) is 1.52. The Bertz CT molecular complexity index is 641. The first-order chi connectivity index (χ1) is 15.2. The molecule has 0 radical (unpaired) electrons. The van der Waals surface area contributed by atoms with Gasteiger partial charge in [-0.3, -0.25) is 0 Å². The molecular weight excluding hydrogens is 411 g/mol. The summed E-state index contributed by atoms with van der Waals surface area (Å²) in [7, 11) is -1.30. The Balaban J connectivity index is 2.10. The maximum absolute atomic E-state index is 10.7. The monoisotopic (exact) mass is 462 g/mol. The summed E-state index contributed by atoms with van der Waals surface area (Å²) in [5, 5.41) is 0. The first kappa shape index (κ1) is 27.8. The van der Waals surface area contributed by atoms with Crippen LogP contribution in [-0.4, -0.2) is 17.2 Å². The summed E-state index contributed by atoms with van der Waals surface area (Å²) < 4.78 is 6.42. The van der Waals surface area contributed by atoms with E-state index in [-0.39, 0.29) is 11.5 Å². The van der Waals surface area contributed by atoms with Gasteiger partial charge in [-0.15, -0.1) is 0 Å². The van der Waals surface area contributed by atoms with E-state index in [1.54, 1.807) is 0 Å². The molecule has 3 heteroatoms. The summed E-state index contributed by atoms with van der Waals surface area (Å²) >= 11 is 0. The molecule has 1 N–H and O–H groups in total. The molecule has 1 aliphatic rings. The minimum absolute atomic E-state index is 0.0377. The molecule has 1 saturated carbocycles. The predicted molar refractivity (Wildman–Crippen MR) is 142 cm³/mol. The van der Waals surface area contributed by atoms with Gasteiger partial charge in [-0.25, -0.2) is 0 Å². The third-order valence-electron chi connectivity index (χ3n) is 7.64. The van der Waals surface area contributed by atoms with Gasteiger partial charge < -0.3 is 9.42 Å². The maximum atomic E-state index is 10.7. The summed E-state index contributed by atoms with van der Waals surface area (Å²) in [4.78, 5) is 10.7. The second-order valence-electron chi connectivity index (χ2n) is 11.3. The van der Waals surface area contributed by atoms with Crippen molar-refractivity contribution >= 4 is 8.38 Å². The molecular formula is C29H51O2P. The molecule has 32 heavy (non-hydrogen) atoms. The average Bonchev–Trinajstić information content (AvgIpc) is 2.76. The molecule has 3 unspecified atom stereocenters. The molecule has 0 aliphatic heterocycles. The Morgan fingerprint density at radius 3 is 2.06 bits per heavy atom. The average molecular weight is 463 g/mol. The smallest absolute Gasteiger partial charge is 0.167 e. The van der Waals surface area contributed by atoms with Crippen LogP contribution in [0.3, 0.4) is 0 Å². The first-order valence-electron chi connectivity index (χ1n) is 13.4. The maximum Gasteiger partial charge on any atom is 0.167 e. The molecule has 1 fully saturated rings. The minimum atomic E-state index is -1.30. The van der Waals surface area contributed by atoms with Crippen molar-refractivity contribution in [2.45, 2.75) is 136 Å². The van der Waals surface area contributed by atoms with Crippen molar-refractivity contribution in [3.8, 4) is 0 Å². The predicted octanol–water partition coefficient (Wildman–Crippen LogP) is 9.45. The largest absolute Gasteiger partial charge is 0.350 e. The quantitative estimate of drug-likeness (QED) is 0.234. The fraction of sp³-hybridized carbons (Fsp3) is 0.793. The highest BCUT2D eigenvalue weighted by molar-refractivity contribution is 7.46. The van der Waals surface area contributed by atoms with Gasteiger partial charge in [-0.05, 0) is 59.1 Å². The lowest BCUT2D eigenvalue weighted by Gasteiger charge is -2.43. The number of rotatable bonds is 13. The van der Waals surface area contributed by atoms with Crippen molar-refractivity contribution in [2.24, 2.45) is 5.92 Å². The van der Waals surface area contributed by atoms with Gasteiger partial charge >= 0.3 is 0 Å². The molecule has 184 valence electrons. The van der Waals surface area contributed by atoms with Crippen LogP contribution in [0.1, 0.15) is 141 Å². The molecule has 1 aliphatic carbocycles. The highest BCUT2D eigenvalue weighted by atomic mass is 31.2. The van der Waals surface area contributed by atoms with Crippen molar-refractivity contribution < 1.29 is 9.42 Å². The zero-order chi connectivity index (χ0) is 23.7. The molecule has 1 aromatic carbocycles. The second-order valence-corrected chi connectivity index (χ2v) is 12.7. The van der Waals surface area contributed by atoms with Gasteiger partial charge in [-0.2, -0.15) is 0 Å². The second kappa shape index (κ2) is 13.5. The summed E-state index contributed by atoms with van der Waals surface area (Å²) in [6.07, 6.45) is 13.4. The van der Waals surface area contributed by atoms with Crippen molar-refractivity contribution in [3.63, 3.8) is 0 Å². The van der Waals surface area contributed by atoms with Gasteiger partial charge in [0.1, 0.15) is 0 Å². The zero-order valence-electron chi connectivity index (χ0n) is 22.1. The van der Waals surface area contributed by atoms with Gasteiger partial charge in [0, 0.05) is 6.16 Å². The van der Waals surface area contributed by atoms with Gasteiger partial charge in [-0.1, -0.05) is 112 Å². The van der Waals surface area contributed by atoms with Gasteiger partial charge in [0.15, 0.2) is 8.38 Å². The standard InChI is InChI=1S/C29H51O2P/c1-8-9-10-11-12-15-18-32(30)31-28-17-14-13-16-27(28)29(6,7)26-20-24(22(2)3)19-25(21-26)23(4)5/h19-23,27-28,30H,8-18H2,1-7H3. The van der Waals surface area contributed by atoms with Gasteiger partial charge in [0.2, 0.25) is 0 Å². The Morgan fingerprint density at radius 1 is 0.906 bits per heavy atom. The summed E-state index contributed by atoms with van der Waals surface area (Å²) in [6.45, 7) is 16.3. The molecule has 0 saturated heterocycles. The van der Waals surface area contributed by atoms with Crippen LogP contribution in [0.4, 0.5) is 0 Å².